The fraction of sp³-hybridized carbons (Fsp3) is 0.312. The van der Waals surface area contributed by atoms with Crippen LogP contribution < -0.4 is 5.32 Å². The quantitative estimate of drug-likeness (QED) is 0.857. The lowest BCUT2D eigenvalue weighted by molar-refractivity contribution is -0.141. The number of benzene rings is 1. The highest BCUT2D eigenvalue weighted by atomic mass is 79.9. The van der Waals surface area contributed by atoms with E-state index in [1.54, 1.807) is 10.9 Å². The van der Waals surface area contributed by atoms with Crippen LogP contribution in [0.15, 0.2) is 41.1 Å². The molecule has 1 heterocycles. The molecule has 0 aliphatic heterocycles. The Morgan fingerprint density at radius 2 is 2.00 bits per heavy atom. The van der Waals surface area contributed by atoms with Crippen LogP contribution in [0.1, 0.15) is 29.6 Å². The molecule has 1 fully saturated rings. The molecule has 120 valence electrons. The second kappa shape index (κ2) is 6.54. The Kier molecular flexibility index (Phi) is 4.47. The number of hydrogen-bond acceptors (Lipinski definition) is 3. The van der Waals surface area contributed by atoms with E-state index in [0.29, 0.717) is 24.8 Å². The van der Waals surface area contributed by atoms with Crippen molar-refractivity contribution in [3.8, 4) is 5.69 Å². The van der Waals surface area contributed by atoms with E-state index >= 15 is 0 Å². The zero-order chi connectivity index (χ0) is 16.4. The average molecular weight is 378 g/mol. The van der Waals surface area contributed by atoms with Gasteiger partial charge in [-0.15, -0.1) is 0 Å². The van der Waals surface area contributed by atoms with Crippen molar-refractivity contribution >= 4 is 27.8 Å². The van der Waals surface area contributed by atoms with Crippen LogP contribution in [-0.4, -0.2) is 32.8 Å². The minimum Gasteiger partial charge on any atom is -0.481 e. The number of aromatic nitrogens is 2. The van der Waals surface area contributed by atoms with Crippen LogP contribution in [0.2, 0.25) is 0 Å². The summed E-state index contributed by atoms with van der Waals surface area (Å²) in [5, 5.41) is 16.1. The molecule has 2 atom stereocenters. The molecule has 2 aromatic rings. The van der Waals surface area contributed by atoms with Crippen LogP contribution in [0.25, 0.3) is 5.69 Å². The standard InChI is InChI=1S/C16H16BrN3O3/c17-12-2-5-14(6-3-12)20-9-11(8-18-20)15(21)19-13-4-1-10(7-13)16(22)23/h2-3,5-6,8-10,13H,1,4,7H2,(H,19,21)(H,22,23)/t10-,13+/m1/s1. The van der Waals surface area contributed by atoms with Gasteiger partial charge in [0.15, 0.2) is 0 Å². The number of amides is 1. The van der Waals surface area contributed by atoms with Crippen LogP contribution >= 0.6 is 15.9 Å². The number of nitrogens with zero attached hydrogens (tertiary/aromatic N) is 2. The summed E-state index contributed by atoms with van der Waals surface area (Å²) in [6.45, 7) is 0. The zero-order valence-corrected chi connectivity index (χ0v) is 13.9. The van der Waals surface area contributed by atoms with Crippen molar-refractivity contribution in [2.75, 3.05) is 0 Å². The van der Waals surface area contributed by atoms with Gasteiger partial charge in [0.2, 0.25) is 0 Å². The third-order valence-corrected chi connectivity index (χ3v) is 4.58. The first-order valence-corrected chi connectivity index (χ1v) is 8.16. The smallest absolute Gasteiger partial charge is 0.306 e. The predicted octanol–water partition coefficient (Wildman–Crippen LogP) is 2.62. The zero-order valence-electron chi connectivity index (χ0n) is 12.3. The Hall–Kier alpha value is -2.15. The van der Waals surface area contributed by atoms with Gasteiger partial charge in [0.05, 0.1) is 23.4 Å². The number of carboxylic acids is 1. The van der Waals surface area contributed by atoms with Gasteiger partial charge in [0, 0.05) is 16.7 Å². The van der Waals surface area contributed by atoms with E-state index in [2.05, 4.69) is 26.3 Å². The number of carboxylic acid groups (broad SMARTS) is 1. The summed E-state index contributed by atoms with van der Waals surface area (Å²) in [7, 11) is 0. The van der Waals surface area contributed by atoms with Gasteiger partial charge in [0.25, 0.3) is 5.91 Å². The lowest BCUT2D eigenvalue weighted by atomic mass is 10.1. The Balaban J connectivity index is 1.65. The minimum atomic E-state index is -0.787. The van der Waals surface area contributed by atoms with Gasteiger partial charge in [-0.1, -0.05) is 15.9 Å². The maximum atomic E-state index is 12.3. The number of nitrogens with one attached hydrogen (secondary N) is 1. The molecule has 1 aliphatic rings. The number of carbonyl (C=O) groups is 2. The Morgan fingerprint density at radius 3 is 2.65 bits per heavy atom. The van der Waals surface area contributed by atoms with Gasteiger partial charge in [-0.25, -0.2) is 4.68 Å². The van der Waals surface area contributed by atoms with Crippen molar-refractivity contribution in [2.45, 2.75) is 25.3 Å². The van der Waals surface area contributed by atoms with E-state index in [-0.39, 0.29) is 17.9 Å². The molecule has 1 aliphatic carbocycles. The summed E-state index contributed by atoms with van der Waals surface area (Å²) in [6, 6.07) is 7.52. The van der Waals surface area contributed by atoms with Gasteiger partial charge in [-0.05, 0) is 43.5 Å². The van der Waals surface area contributed by atoms with Gasteiger partial charge < -0.3 is 10.4 Å². The number of halogens is 1. The summed E-state index contributed by atoms with van der Waals surface area (Å²) in [5.74, 6) is -1.36. The lowest BCUT2D eigenvalue weighted by Gasteiger charge is -2.11. The maximum Gasteiger partial charge on any atom is 0.306 e. The van der Waals surface area contributed by atoms with Crippen LogP contribution in [0, 0.1) is 5.92 Å². The van der Waals surface area contributed by atoms with Gasteiger partial charge in [-0.2, -0.15) is 5.10 Å². The third kappa shape index (κ3) is 3.61. The topological polar surface area (TPSA) is 84.2 Å². The summed E-state index contributed by atoms with van der Waals surface area (Å²) < 4.78 is 2.61. The molecule has 0 saturated heterocycles. The molecule has 0 spiro atoms. The molecular weight excluding hydrogens is 362 g/mol. The highest BCUT2D eigenvalue weighted by molar-refractivity contribution is 9.10. The first-order chi connectivity index (χ1) is 11.0. The number of rotatable bonds is 4. The Labute approximate surface area is 141 Å². The second-order valence-electron chi connectivity index (χ2n) is 5.67. The van der Waals surface area contributed by atoms with Gasteiger partial charge >= 0.3 is 5.97 Å². The molecule has 0 unspecified atom stereocenters. The van der Waals surface area contributed by atoms with Crippen molar-refractivity contribution < 1.29 is 14.7 Å². The summed E-state index contributed by atoms with van der Waals surface area (Å²) in [4.78, 5) is 23.2. The molecule has 1 amide bonds. The Bertz CT molecular complexity index is 726. The fourth-order valence-corrected chi connectivity index (χ4v) is 3.05. The SMILES string of the molecule is O=C(N[C@H]1CC[C@@H](C(=O)O)C1)c1cnn(-c2ccc(Br)cc2)c1. The van der Waals surface area contributed by atoms with Gasteiger partial charge in [0.1, 0.15) is 0 Å². The second-order valence-corrected chi connectivity index (χ2v) is 6.58. The highest BCUT2D eigenvalue weighted by Crippen LogP contribution is 2.26. The molecule has 3 rings (SSSR count). The van der Waals surface area contributed by atoms with Crippen LogP contribution in [-0.2, 0) is 4.79 Å². The molecular formula is C16H16BrN3O3. The van der Waals surface area contributed by atoms with Crippen LogP contribution in [0.3, 0.4) is 0 Å². The number of carbonyl (C=O) groups excluding carboxylic acids is 1. The molecule has 2 N–H and O–H groups in total. The minimum absolute atomic E-state index is 0.0837. The summed E-state index contributed by atoms with van der Waals surface area (Å²) in [6.07, 6.45) is 4.98. The van der Waals surface area contributed by atoms with Crippen molar-refractivity contribution in [3.05, 3.63) is 46.7 Å². The van der Waals surface area contributed by atoms with Crippen LogP contribution in [0.4, 0.5) is 0 Å². The van der Waals surface area contributed by atoms with E-state index < -0.39 is 5.97 Å². The molecule has 1 aromatic carbocycles. The summed E-state index contributed by atoms with van der Waals surface area (Å²) >= 11 is 3.37. The molecule has 6 nitrogen and oxygen atoms in total. The fourth-order valence-electron chi connectivity index (χ4n) is 2.78. The highest BCUT2D eigenvalue weighted by Gasteiger charge is 2.30. The molecule has 23 heavy (non-hydrogen) atoms. The molecule has 1 saturated carbocycles. The van der Waals surface area contributed by atoms with E-state index in [9.17, 15) is 9.59 Å². The average Bonchev–Trinajstić information content (AvgIpc) is 3.17. The lowest BCUT2D eigenvalue weighted by Crippen LogP contribution is -2.33. The van der Waals surface area contributed by atoms with Crippen molar-refractivity contribution in [1.82, 2.24) is 15.1 Å². The Morgan fingerprint density at radius 1 is 1.26 bits per heavy atom. The first kappa shape index (κ1) is 15.7. The van der Waals surface area contributed by atoms with Crippen molar-refractivity contribution in [1.29, 1.82) is 0 Å². The third-order valence-electron chi connectivity index (χ3n) is 4.05. The molecule has 7 heteroatoms. The van der Waals surface area contributed by atoms with Crippen molar-refractivity contribution in [3.63, 3.8) is 0 Å². The van der Waals surface area contributed by atoms with E-state index in [1.165, 1.54) is 6.20 Å². The van der Waals surface area contributed by atoms with Crippen LogP contribution in [0.5, 0.6) is 0 Å². The van der Waals surface area contributed by atoms with E-state index in [0.717, 1.165) is 10.2 Å². The monoisotopic (exact) mass is 377 g/mol. The maximum absolute atomic E-state index is 12.3. The summed E-state index contributed by atoms with van der Waals surface area (Å²) in [5.41, 5.74) is 1.32. The molecule has 0 radical (unpaired) electrons. The number of hydrogen-bond donors (Lipinski definition) is 2. The van der Waals surface area contributed by atoms with E-state index in [1.807, 2.05) is 24.3 Å². The normalized spacial score (nSPS) is 20.4. The van der Waals surface area contributed by atoms with Crippen molar-refractivity contribution in [2.24, 2.45) is 5.92 Å². The van der Waals surface area contributed by atoms with E-state index in [4.69, 9.17) is 5.11 Å². The molecule has 1 aromatic heterocycles. The first-order valence-electron chi connectivity index (χ1n) is 7.37. The predicted molar refractivity (Wildman–Crippen MR) is 87.5 cm³/mol. The van der Waals surface area contributed by atoms with Gasteiger partial charge in [-0.3, -0.25) is 9.59 Å². The molecule has 0 bridgehead atoms. The largest absolute Gasteiger partial charge is 0.481 e. The number of aliphatic carboxylic acids is 1.